The average molecular weight is 631 g/mol. The normalized spacial score (nSPS) is 13.6. The Labute approximate surface area is 261 Å². The second kappa shape index (κ2) is 15.2. The van der Waals surface area contributed by atoms with E-state index in [4.69, 9.17) is 18.3 Å². The van der Waals surface area contributed by atoms with Gasteiger partial charge in [0.15, 0.2) is 16.6 Å². The maximum Gasteiger partial charge on any atom is 0.330 e. The number of rotatable bonds is 14. The first kappa shape index (κ1) is 36.2. The van der Waals surface area contributed by atoms with Crippen LogP contribution in [0.15, 0.2) is 48.6 Å². The number of hydrogen-bond acceptors (Lipinski definition) is 6. The number of esters is 1. The zero-order chi connectivity index (χ0) is 31.8. The van der Waals surface area contributed by atoms with Gasteiger partial charge in [-0.2, -0.15) is 0 Å². The van der Waals surface area contributed by atoms with Crippen LogP contribution in [-0.2, 0) is 38.2 Å². The largest absolute Gasteiger partial charge is 0.488 e. The van der Waals surface area contributed by atoms with E-state index in [0.29, 0.717) is 26.4 Å². The fraction of sp³-hybridized carbons (Fsp3) is 0.559. The van der Waals surface area contributed by atoms with Gasteiger partial charge >= 0.3 is 5.97 Å². The lowest BCUT2D eigenvalue weighted by Gasteiger charge is -2.37. The number of thiophene rings is 1. The van der Waals surface area contributed by atoms with Crippen molar-refractivity contribution in [1.29, 1.82) is 0 Å². The third-order valence-corrected chi connectivity index (χ3v) is 18.6. The molecule has 1 aromatic carbocycles. The van der Waals surface area contributed by atoms with Gasteiger partial charge in [-0.3, -0.25) is 0 Å². The molecule has 234 valence electrons. The van der Waals surface area contributed by atoms with Crippen molar-refractivity contribution in [2.24, 2.45) is 0 Å². The van der Waals surface area contributed by atoms with Crippen LogP contribution in [0.25, 0.3) is 5.57 Å². The van der Waals surface area contributed by atoms with Crippen LogP contribution in [0.5, 0.6) is 5.75 Å². The highest BCUT2D eigenvalue weighted by molar-refractivity contribution is 7.13. The van der Waals surface area contributed by atoms with E-state index >= 15 is 0 Å². The zero-order valence-corrected chi connectivity index (χ0v) is 30.9. The van der Waals surface area contributed by atoms with Gasteiger partial charge in [0.05, 0.1) is 19.8 Å². The van der Waals surface area contributed by atoms with Gasteiger partial charge in [0, 0.05) is 15.8 Å². The zero-order valence-electron chi connectivity index (χ0n) is 28.1. The molecule has 0 unspecified atom stereocenters. The molecule has 0 aliphatic rings. The monoisotopic (exact) mass is 630 g/mol. The summed E-state index contributed by atoms with van der Waals surface area (Å²) in [5.41, 5.74) is 3.47. The number of carbonyl (C=O) groups excluding carboxylic acids is 1. The number of hydrogen-bond donors (Lipinski definition) is 0. The summed E-state index contributed by atoms with van der Waals surface area (Å²) in [6, 6.07) is 10.5. The molecule has 0 amide bonds. The van der Waals surface area contributed by atoms with Gasteiger partial charge in [-0.25, -0.2) is 4.79 Å². The summed E-state index contributed by atoms with van der Waals surface area (Å²) in [4.78, 5) is 13.9. The Bertz CT molecular complexity index is 1230. The second-order valence-electron chi connectivity index (χ2n) is 13.7. The lowest BCUT2D eigenvalue weighted by molar-refractivity contribution is -0.137. The molecule has 0 spiro atoms. The van der Waals surface area contributed by atoms with E-state index in [1.807, 2.05) is 12.1 Å². The molecule has 0 saturated heterocycles. The van der Waals surface area contributed by atoms with Crippen LogP contribution in [0, 0.1) is 0 Å². The minimum absolute atomic E-state index is 0.135. The molecular formula is C34H54O5SSi2. The van der Waals surface area contributed by atoms with E-state index in [-0.39, 0.29) is 16.0 Å². The van der Waals surface area contributed by atoms with Gasteiger partial charge in [0.2, 0.25) is 0 Å². The summed E-state index contributed by atoms with van der Waals surface area (Å²) in [5.74, 6) is 0.509. The lowest BCUT2D eigenvalue weighted by atomic mass is 10.1. The predicted molar refractivity (Wildman–Crippen MR) is 183 cm³/mol. The maximum absolute atomic E-state index is 11.6. The minimum Gasteiger partial charge on any atom is -0.488 e. The third kappa shape index (κ3) is 10.6. The topological polar surface area (TPSA) is 54.0 Å². The van der Waals surface area contributed by atoms with Gasteiger partial charge < -0.3 is 18.3 Å². The van der Waals surface area contributed by atoms with E-state index in [1.54, 1.807) is 24.3 Å². The van der Waals surface area contributed by atoms with Crippen LogP contribution in [0.1, 0.15) is 82.7 Å². The molecule has 42 heavy (non-hydrogen) atoms. The van der Waals surface area contributed by atoms with Crippen LogP contribution < -0.4 is 4.74 Å². The number of benzene rings is 1. The summed E-state index contributed by atoms with van der Waals surface area (Å²) < 4.78 is 24.5. The molecule has 8 heteroatoms. The third-order valence-electron chi connectivity index (χ3n) is 8.52. The van der Waals surface area contributed by atoms with Crippen LogP contribution in [0.2, 0.25) is 36.3 Å². The molecule has 5 nitrogen and oxygen atoms in total. The number of ether oxygens (including phenoxy) is 2. The summed E-state index contributed by atoms with van der Waals surface area (Å²) in [6.07, 6.45) is 6.07. The van der Waals surface area contributed by atoms with Gasteiger partial charge in [-0.15, -0.1) is 11.3 Å². The van der Waals surface area contributed by atoms with Crippen LogP contribution in [0.4, 0.5) is 0 Å². The number of carbonyl (C=O) groups is 1. The second-order valence-corrected chi connectivity index (χ2v) is 24.5. The molecule has 1 heterocycles. The van der Waals surface area contributed by atoms with Crippen LogP contribution >= 0.6 is 11.3 Å². The summed E-state index contributed by atoms with van der Waals surface area (Å²) >= 11 is 1.71. The quantitative estimate of drug-likeness (QED) is 0.0900. The van der Waals surface area contributed by atoms with Gasteiger partial charge in [0.25, 0.3) is 0 Å². The summed E-state index contributed by atoms with van der Waals surface area (Å²) in [6.45, 7) is 28.7. The van der Waals surface area contributed by atoms with Crippen molar-refractivity contribution < 1.29 is 23.1 Å². The molecule has 0 N–H and O–H groups in total. The molecule has 0 atom stereocenters. The Hall–Kier alpha value is -1.98. The molecule has 0 radical (unpaired) electrons. The van der Waals surface area contributed by atoms with Crippen molar-refractivity contribution in [1.82, 2.24) is 0 Å². The molecule has 0 bridgehead atoms. The SMILES string of the molecule is CCOC(=O)/C=C/C=C(\CC)c1ccc(COc2ccc(CO[Si](C)(C)C(C)(C)C)c(CO[Si](C)(C)C(C)(C)C)c2)s1. The molecule has 0 aliphatic heterocycles. The predicted octanol–water partition coefficient (Wildman–Crippen LogP) is 10.3. The lowest BCUT2D eigenvalue weighted by Crippen LogP contribution is -2.41. The molecule has 0 aliphatic carbocycles. The summed E-state index contributed by atoms with van der Waals surface area (Å²) in [5, 5.41) is 0.285. The molecule has 0 fully saturated rings. The Balaban J connectivity index is 2.21. The first-order valence-corrected chi connectivity index (χ1v) is 21.7. The van der Waals surface area contributed by atoms with Crippen molar-refractivity contribution >= 4 is 39.5 Å². The highest BCUT2D eigenvalue weighted by Gasteiger charge is 2.38. The first-order chi connectivity index (χ1) is 19.4. The van der Waals surface area contributed by atoms with E-state index < -0.39 is 16.6 Å². The molecular weight excluding hydrogens is 577 g/mol. The van der Waals surface area contributed by atoms with Gasteiger partial charge in [-0.05, 0) is 90.6 Å². The molecule has 0 saturated carbocycles. The molecule has 2 rings (SSSR count). The van der Waals surface area contributed by atoms with Crippen molar-refractivity contribution in [3.05, 3.63) is 69.4 Å². The van der Waals surface area contributed by atoms with Crippen LogP contribution in [0.3, 0.4) is 0 Å². The first-order valence-electron chi connectivity index (χ1n) is 15.1. The van der Waals surface area contributed by atoms with Crippen LogP contribution in [-0.4, -0.2) is 29.2 Å². The Morgan fingerprint density at radius 1 is 0.833 bits per heavy atom. The minimum atomic E-state index is -1.93. The fourth-order valence-corrected chi connectivity index (χ4v) is 6.42. The molecule has 2 aromatic rings. The van der Waals surface area contributed by atoms with E-state index in [1.165, 1.54) is 16.5 Å². The average Bonchev–Trinajstić information content (AvgIpc) is 3.35. The molecule has 1 aromatic heterocycles. The summed E-state index contributed by atoms with van der Waals surface area (Å²) in [7, 11) is -3.82. The fourth-order valence-electron chi connectivity index (χ4n) is 3.51. The highest BCUT2D eigenvalue weighted by Crippen LogP contribution is 2.39. The smallest absolute Gasteiger partial charge is 0.330 e. The van der Waals surface area contributed by atoms with Crippen molar-refractivity contribution in [2.45, 2.75) is 118 Å². The van der Waals surface area contributed by atoms with Crippen molar-refractivity contribution in [3.63, 3.8) is 0 Å². The van der Waals surface area contributed by atoms with Gasteiger partial charge in [0.1, 0.15) is 12.4 Å². The maximum atomic E-state index is 11.6. The van der Waals surface area contributed by atoms with Crippen molar-refractivity contribution in [2.75, 3.05) is 6.61 Å². The Morgan fingerprint density at radius 2 is 1.43 bits per heavy atom. The van der Waals surface area contributed by atoms with Gasteiger partial charge in [-0.1, -0.05) is 66.7 Å². The van der Waals surface area contributed by atoms with E-state index in [0.717, 1.165) is 28.2 Å². The Morgan fingerprint density at radius 3 is 1.98 bits per heavy atom. The Kier molecular flexibility index (Phi) is 13.1. The van der Waals surface area contributed by atoms with E-state index in [9.17, 15) is 4.79 Å². The number of allylic oxidation sites excluding steroid dienone is 3. The standard InChI is InChI=1S/C34H54O5SSi2/c1-13-26(16-15-17-32(35)36-14-2)31-21-20-30(40-31)25-37-29-19-18-27(23-38-41(9,10)33(3,4)5)28(22-29)24-39-42(11,12)34(6,7)8/h15-22H,13-14,23-25H2,1-12H3/b17-15+,26-16+. The van der Waals surface area contributed by atoms with Crippen molar-refractivity contribution in [3.8, 4) is 5.75 Å². The van der Waals surface area contributed by atoms with E-state index in [2.05, 4.69) is 98.9 Å². The highest BCUT2D eigenvalue weighted by atomic mass is 32.1.